The van der Waals surface area contributed by atoms with Crippen molar-refractivity contribution in [1.82, 2.24) is 4.98 Å². The van der Waals surface area contributed by atoms with Crippen molar-refractivity contribution in [2.75, 3.05) is 0 Å². The Bertz CT molecular complexity index is 212. The number of aromatic nitrogens is 1. The van der Waals surface area contributed by atoms with E-state index in [4.69, 9.17) is 0 Å². The zero-order chi connectivity index (χ0) is 7.40. The predicted octanol–water partition coefficient (Wildman–Crippen LogP) is 0.446. The first-order chi connectivity index (χ1) is 4.88. The summed E-state index contributed by atoms with van der Waals surface area (Å²) in [5.74, 6) is -0.917. The molecule has 0 bridgehead atoms. The molecule has 0 spiro atoms. The van der Waals surface area contributed by atoms with Gasteiger partial charge in [0.25, 0.3) is 0 Å². The van der Waals surface area contributed by atoms with E-state index < -0.39 is 5.92 Å². The molecule has 4 heteroatoms. The van der Waals surface area contributed by atoms with Gasteiger partial charge in [-0.15, -0.1) is 11.3 Å². The summed E-state index contributed by atoms with van der Waals surface area (Å²) in [4.78, 5) is 23.8. The number of hydrogen-bond acceptors (Lipinski definition) is 4. The van der Waals surface area contributed by atoms with Gasteiger partial charge in [0.15, 0.2) is 0 Å². The minimum Gasteiger partial charge on any atom is -0.290 e. The van der Waals surface area contributed by atoms with Crippen LogP contribution in [0.15, 0.2) is 11.6 Å². The predicted molar refractivity (Wildman–Crippen MR) is 36.2 cm³/mol. The third-order valence-electron chi connectivity index (χ3n) is 0.934. The molecule has 0 N–H and O–H groups in total. The first-order valence-corrected chi connectivity index (χ1v) is 3.41. The van der Waals surface area contributed by atoms with Crippen molar-refractivity contribution < 1.29 is 9.59 Å². The van der Waals surface area contributed by atoms with E-state index in [1.54, 1.807) is 5.38 Å². The van der Waals surface area contributed by atoms with E-state index in [-0.39, 0.29) is 0 Å². The van der Waals surface area contributed by atoms with Gasteiger partial charge in [-0.2, -0.15) is 0 Å². The molecular formula is C6H3NO2S. The Morgan fingerprint density at radius 2 is 2.20 bits per heavy atom. The van der Waals surface area contributed by atoms with Gasteiger partial charge in [0, 0.05) is 11.6 Å². The highest BCUT2D eigenvalue weighted by Crippen LogP contribution is 2.12. The fraction of sp³-hybridized carbons (Fsp3) is 0.167. The van der Waals surface area contributed by atoms with Crippen LogP contribution in [0.1, 0.15) is 10.9 Å². The number of carbonyl (C=O) groups excluding carboxylic acids is 2. The Kier molecular flexibility index (Phi) is 2.28. The topological polar surface area (TPSA) is 47.0 Å². The summed E-state index contributed by atoms with van der Waals surface area (Å²) >= 11 is 1.24. The van der Waals surface area contributed by atoms with Crippen LogP contribution in [-0.4, -0.2) is 17.6 Å². The van der Waals surface area contributed by atoms with E-state index >= 15 is 0 Å². The van der Waals surface area contributed by atoms with Gasteiger partial charge in [0.2, 0.25) is 12.6 Å². The van der Waals surface area contributed by atoms with E-state index in [1.807, 2.05) is 0 Å². The van der Waals surface area contributed by atoms with Crippen LogP contribution in [0.4, 0.5) is 0 Å². The summed E-state index contributed by atoms with van der Waals surface area (Å²) in [7, 11) is 0. The van der Waals surface area contributed by atoms with Crippen molar-refractivity contribution in [3.8, 4) is 0 Å². The first kappa shape index (κ1) is 7.08. The molecule has 1 rings (SSSR count). The molecule has 1 aromatic rings. The van der Waals surface area contributed by atoms with Gasteiger partial charge in [-0.1, -0.05) is 0 Å². The second-order valence-electron chi connectivity index (χ2n) is 1.54. The van der Waals surface area contributed by atoms with Gasteiger partial charge in [0.1, 0.15) is 10.9 Å². The molecule has 0 atom stereocenters. The fourth-order valence-corrected chi connectivity index (χ4v) is 1.12. The molecule has 1 heterocycles. The van der Waals surface area contributed by atoms with E-state index in [1.165, 1.54) is 30.1 Å². The summed E-state index contributed by atoms with van der Waals surface area (Å²) < 4.78 is 0. The maximum Gasteiger partial charge on any atom is 0.217 e. The zero-order valence-electron chi connectivity index (χ0n) is 4.90. The standard InChI is InChI=1S/C6H3NO2S/c8-3-5(4-9)6-7-1-2-10-6/h1-2,5H. The van der Waals surface area contributed by atoms with Crippen LogP contribution in [-0.2, 0) is 9.59 Å². The van der Waals surface area contributed by atoms with E-state index in [9.17, 15) is 9.59 Å². The average molecular weight is 153 g/mol. The molecule has 10 heavy (non-hydrogen) atoms. The average Bonchev–Trinajstić information content (AvgIpc) is 2.43. The van der Waals surface area contributed by atoms with E-state index in [2.05, 4.69) is 4.98 Å². The maximum atomic E-state index is 10.0. The molecule has 0 aliphatic rings. The summed E-state index contributed by atoms with van der Waals surface area (Å²) in [6.45, 7) is 0. The summed E-state index contributed by atoms with van der Waals surface area (Å²) in [6, 6.07) is 0. The van der Waals surface area contributed by atoms with Crippen molar-refractivity contribution in [3.05, 3.63) is 16.6 Å². The molecule has 0 aromatic carbocycles. The van der Waals surface area contributed by atoms with Crippen LogP contribution in [0.25, 0.3) is 0 Å². The Morgan fingerprint density at radius 3 is 2.60 bits per heavy atom. The minimum absolute atomic E-state index is 0.449. The Balaban J connectivity index is 2.82. The fourth-order valence-electron chi connectivity index (χ4n) is 0.502. The molecule has 1 aromatic heterocycles. The molecule has 3 nitrogen and oxygen atoms in total. The number of hydrogen-bond donors (Lipinski definition) is 0. The van der Waals surface area contributed by atoms with Crippen molar-refractivity contribution in [3.63, 3.8) is 0 Å². The maximum absolute atomic E-state index is 10.0. The molecule has 0 amide bonds. The monoisotopic (exact) mass is 153 g/mol. The van der Waals surface area contributed by atoms with Crippen molar-refractivity contribution in [2.45, 2.75) is 5.92 Å². The van der Waals surface area contributed by atoms with Crippen LogP contribution >= 0.6 is 11.3 Å². The third-order valence-corrected chi connectivity index (χ3v) is 1.77. The molecule has 0 aliphatic heterocycles. The number of rotatable bonds is 3. The highest BCUT2D eigenvalue weighted by molar-refractivity contribution is 7.09. The molecule has 0 saturated heterocycles. The lowest BCUT2D eigenvalue weighted by molar-refractivity contribution is 0.534. The quantitative estimate of drug-likeness (QED) is 0.592. The second-order valence-corrected chi connectivity index (χ2v) is 2.47. The highest BCUT2D eigenvalue weighted by atomic mass is 32.1. The van der Waals surface area contributed by atoms with Gasteiger partial charge >= 0.3 is 0 Å². The minimum atomic E-state index is -0.917. The normalized spacial score (nSPS) is 9.70. The Hall–Kier alpha value is -1.03. The van der Waals surface area contributed by atoms with Crippen LogP contribution in [0.3, 0.4) is 0 Å². The third kappa shape index (κ3) is 1.27. The lowest BCUT2D eigenvalue weighted by Crippen LogP contribution is -1.99. The molecular weight excluding hydrogens is 150 g/mol. The SMILES string of the molecule is O=[C]C([C]=O)c1nccs1. The lowest BCUT2D eigenvalue weighted by atomic mass is 10.2. The molecule has 2 radical (unpaired) electrons. The molecule has 0 aliphatic carbocycles. The van der Waals surface area contributed by atoms with Crippen LogP contribution < -0.4 is 0 Å². The van der Waals surface area contributed by atoms with E-state index in [0.717, 1.165) is 0 Å². The van der Waals surface area contributed by atoms with Crippen LogP contribution in [0, 0.1) is 0 Å². The van der Waals surface area contributed by atoms with Crippen molar-refractivity contribution in [1.29, 1.82) is 0 Å². The summed E-state index contributed by atoms with van der Waals surface area (Å²) in [5.41, 5.74) is 0. The molecule has 50 valence electrons. The summed E-state index contributed by atoms with van der Waals surface area (Å²) in [6.07, 6.45) is 4.59. The molecule has 0 saturated carbocycles. The van der Waals surface area contributed by atoms with Gasteiger partial charge < -0.3 is 0 Å². The Morgan fingerprint density at radius 1 is 1.50 bits per heavy atom. The summed E-state index contributed by atoms with van der Waals surface area (Å²) in [5, 5.41) is 2.14. The number of nitrogens with zero attached hydrogens (tertiary/aromatic N) is 1. The van der Waals surface area contributed by atoms with Crippen LogP contribution in [0.5, 0.6) is 0 Å². The van der Waals surface area contributed by atoms with Crippen molar-refractivity contribution in [2.24, 2.45) is 0 Å². The molecule has 0 fully saturated rings. The smallest absolute Gasteiger partial charge is 0.217 e. The van der Waals surface area contributed by atoms with E-state index in [0.29, 0.717) is 5.01 Å². The first-order valence-electron chi connectivity index (χ1n) is 2.53. The highest BCUT2D eigenvalue weighted by Gasteiger charge is 2.12. The largest absolute Gasteiger partial charge is 0.290 e. The zero-order valence-corrected chi connectivity index (χ0v) is 5.72. The van der Waals surface area contributed by atoms with Crippen molar-refractivity contribution >= 4 is 23.9 Å². The number of thiazole rings is 1. The van der Waals surface area contributed by atoms with Gasteiger partial charge in [0.05, 0.1) is 0 Å². The van der Waals surface area contributed by atoms with Gasteiger partial charge in [-0.25, -0.2) is 4.98 Å². The van der Waals surface area contributed by atoms with Crippen LogP contribution in [0.2, 0.25) is 0 Å². The second kappa shape index (κ2) is 3.22. The lowest BCUT2D eigenvalue weighted by Gasteiger charge is -1.89. The van der Waals surface area contributed by atoms with Gasteiger partial charge in [-0.3, -0.25) is 9.59 Å². The molecule has 0 unspecified atom stereocenters. The van der Waals surface area contributed by atoms with Gasteiger partial charge in [-0.05, 0) is 0 Å². The Labute approximate surface area is 61.7 Å².